The van der Waals surface area contributed by atoms with Crippen LogP contribution in [0.25, 0.3) is 22.3 Å². The van der Waals surface area contributed by atoms with Crippen molar-refractivity contribution in [1.82, 2.24) is 39.0 Å². The molecule has 328 valence electrons. The van der Waals surface area contributed by atoms with E-state index in [1.807, 2.05) is 19.1 Å². The second-order valence-electron chi connectivity index (χ2n) is 14.4. The molecule has 0 aliphatic carbocycles. The molecule has 0 saturated carbocycles. The Kier molecular flexibility index (Phi) is 15.1. The van der Waals surface area contributed by atoms with Gasteiger partial charge in [-0.3, -0.25) is 62.5 Å². The standard InChI is InChI=1S/C35H46N12O12P2/c1-6-60(53-13-11-37)54-16-23-22(14-25(58-23)47-18-39-27-29(47)41-35(45-33(27)51)43-31(49)20(4)5)59-61(52,55-12-7-10-36)56-15-21-8-9-24(57-21)46-17-38-26-28(46)40-34(44-32(26)50)42-30(48)19(2)3/h17-25H,6-9,12-16H2,1-5H3,(H2,40,42,44,48,50)(H2,41,43,45,49,51)/t21?,22-,23?,24?,25?,60?,61?/m0/s1. The van der Waals surface area contributed by atoms with Crippen LogP contribution in [0.3, 0.4) is 0 Å². The molecule has 0 bridgehead atoms. The first-order valence-electron chi connectivity index (χ1n) is 19.4. The molecule has 2 saturated heterocycles. The van der Waals surface area contributed by atoms with Crippen LogP contribution in [0.15, 0.2) is 22.2 Å². The number of carbonyl (C=O) groups excluding carboxylic acids is 2. The fourth-order valence-corrected chi connectivity index (χ4v) is 8.55. The van der Waals surface area contributed by atoms with Crippen LogP contribution in [0.5, 0.6) is 0 Å². The van der Waals surface area contributed by atoms with E-state index in [1.54, 1.807) is 32.3 Å². The zero-order valence-electron chi connectivity index (χ0n) is 33.9. The van der Waals surface area contributed by atoms with Crippen LogP contribution >= 0.6 is 16.2 Å². The Morgan fingerprint density at radius 3 is 2.07 bits per heavy atom. The second-order valence-corrected chi connectivity index (χ2v) is 17.9. The first kappa shape index (κ1) is 45.5. The van der Waals surface area contributed by atoms with E-state index in [1.165, 1.54) is 17.2 Å². The number of phosphoric acid groups is 1. The van der Waals surface area contributed by atoms with Crippen LogP contribution in [-0.4, -0.2) is 102 Å². The molecule has 4 aromatic heterocycles. The summed E-state index contributed by atoms with van der Waals surface area (Å²) in [5, 5.41) is 23.4. The Labute approximate surface area is 349 Å². The van der Waals surface area contributed by atoms with Gasteiger partial charge in [0.05, 0.1) is 57.1 Å². The van der Waals surface area contributed by atoms with Gasteiger partial charge >= 0.3 is 7.82 Å². The lowest BCUT2D eigenvalue weighted by Crippen LogP contribution is -2.29. The van der Waals surface area contributed by atoms with E-state index < -0.39 is 64.0 Å². The molecule has 4 aromatic rings. The number of hydrogen-bond donors (Lipinski definition) is 4. The number of aromatic nitrogens is 8. The maximum absolute atomic E-state index is 14.4. The summed E-state index contributed by atoms with van der Waals surface area (Å²) in [4.78, 5) is 72.6. The fraction of sp³-hybridized carbons (Fsp3) is 0.600. The number of nitrogens with one attached hydrogen (secondary N) is 4. The molecule has 61 heavy (non-hydrogen) atoms. The number of carbonyl (C=O) groups is 2. The number of rotatable bonds is 20. The van der Waals surface area contributed by atoms with Gasteiger partial charge in [0.25, 0.3) is 11.1 Å². The lowest BCUT2D eigenvalue weighted by molar-refractivity contribution is -0.119. The maximum atomic E-state index is 14.4. The molecule has 0 aromatic carbocycles. The summed E-state index contributed by atoms with van der Waals surface area (Å²) in [6.45, 7) is 7.66. The van der Waals surface area contributed by atoms with E-state index in [4.69, 9.17) is 37.4 Å². The van der Waals surface area contributed by atoms with Crippen LogP contribution in [0.1, 0.15) is 72.8 Å². The maximum Gasteiger partial charge on any atom is 0.475 e. The highest BCUT2D eigenvalue weighted by atomic mass is 31.2. The number of nitriles is 2. The fourth-order valence-electron chi connectivity index (χ4n) is 6.18. The predicted octanol–water partition coefficient (Wildman–Crippen LogP) is 3.74. The zero-order chi connectivity index (χ0) is 43.8. The largest absolute Gasteiger partial charge is 0.475 e. The van der Waals surface area contributed by atoms with Crippen LogP contribution < -0.4 is 21.8 Å². The summed E-state index contributed by atoms with van der Waals surface area (Å²) in [7, 11) is -6.02. The number of nitrogens with zero attached hydrogens (tertiary/aromatic N) is 8. The Balaban J connectivity index is 1.20. The number of ether oxygens (including phenoxy) is 2. The second kappa shape index (κ2) is 20.2. The van der Waals surface area contributed by atoms with Gasteiger partial charge in [-0.25, -0.2) is 14.5 Å². The monoisotopic (exact) mass is 888 g/mol. The van der Waals surface area contributed by atoms with Crippen LogP contribution in [0.4, 0.5) is 11.9 Å². The molecule has 2 fully saturated rings. The Morgan fingerprint density at radius 2 is 1.51 bits per heavy atom. The topological polar surface area (TPSA) is 315 Å². The predicted molar refractivity (Wildman–Crippen MR) is 214 cm³/mol. The molecule has 6 heterocycles. The van der Waals surface area contributed by atoms with E-state index in [-0.39, 0.29) is 91.2 Å². The normalized spacial score (nSPS) is 21.8. The smallest absolute Gasteiger partial charge is 0.352 e. The van der Waals surface area contributed by atoms with E-state index in [9.17, 15) is 29.0 Å². The minimum Gasteiger partial charge on any atom is -0.352 e. The van der Waals surface area contributed by atoms with Gasteiger partial charge in [-0.15, -0.1) is 0 Å². The molecule has 4 N–H and O–H groups in total. The highest BCUT2D eigenvalue weighted by Gasteiger charge is 2.44. The number of fused-ring (bicyclic) bond motifs is 2. The van der Waals surface area contributed by atoms with Crippen molar-refractivity contribution in [3.05, 3.63) is 33.4 Å². The molecule has 2 aliphatic rings. The first-order chi connectivity index (χ1) is 29.2. The van der Waals surface area contributed by atoms with Crippen LogP contribution in [-0.2, 0) is 46.2 Å². The average Bonchev–Trinajstić information content (AvgIpc) is 4.04. The number of aromatic amines is 2. The van der Waals surface area contributed by atoms with Crippen molar-refractivity contribution in [3.8, 4) is 12.1 Å². The number of anilines is 2. The molecule has 6 unspecified atom stereocenters. The first-order valence-corrected chi connectivity index (χ1v) is 22.3. The summed E-state index contributed by atoms with van der Waals surface area (Å²) in [5.41, 5.74) is -0.890. The third-order valence-corrected chi connectivity index (χ3v) is 12.2. The molecule has 2 aliphatic heterocycles. The number of hydrogen-bond acceptors (Lipinski definition) is 18. The SMILES string of the molecule is CCP(OCC#N)OCC1OC(n2cnc3c(=O)[nH]c(NC(=O)C(C)C)nc32)C[C@@H]1OP(=O)(OCCC#N)OCC1CCC(n2cnc3c(=O)[nH]c(NC(=O)C(C)C)nc32)O1. The van der Waals surface area contributed by atoms with Crippen molar-refractivity contribution in [2.24, 2.45) is 11.8 Å². The minimum absolute atomic E-state index is 0.0127. The molecule has 0 spiro atoms. The van der Waals surface area contributed by atoms with Crippen LogP contribution in [0.2, 0.25) is 0 Å². The van der Waals surface area contributed by atoms with Crippen molar-refractivity contribution in [1.29, 1.82) is 10.5 Å². The lowest BCUT2D eigenvalue weighted by Gasteiger charge is -2.25. The van der Waals surface area contributed by atoms with Gasteiger partial charge < -0.3 is 18.5 Å². The van der Waals surface area contributed by atoms with Gasteiger partial charge in [-0.05, 0) is 12.8 Å². The van der Waals surface area contributed by atoms with Crippen molar-refractivity contribution in [2.75, 3.05) is 43.2 Å². The van der Waals surface area contributed by atoms with Gasteiger partial charge in [0, 0.05) is 24.4 Å². The molecule has 2 amide bonds. The number of imidazole rings is 2. The van der Waals surface area contributed by atoms with Gasteiger partial charge in [0.15, 0.2) is 30.7 Å². The average molecular weight is 889 g/mol. The summed E-state index contributed by atoms with van der Waals surface area (Å²) in [6, 6.07) is 3.84. The Bertz CT molecular complexity index is 2460. The van der Waals surface area contributed by atoms with Crippen molar-refractivity contribution in [3.63, 3.8) is 0 Å². The van der Waals surface area contributed by atoms with Gasteiger partial charge in [-0.2, -0.15) is 20.5 Å². The quantitative estimate of drug-likeness (QED) is 0.0725. The van der Waals surface area contributed by atoms with E-state index in [2.05, 4.69) is 40.5 Å². The highest BCUT2D eigenvalue weighted by molar-refractivity contribution is 7.48. The molecule has 7 atom stereocenters. The van der Waals surface area contributed by atoms with Gasteiger partial charge in [0.2, 0.25) is 23.7 Å². The number of H-pyrrole nitrogens is 2. The number of amides is 2. The van der Waals surface area contributed by atoms with Gasteiger partial charge in [0.1, 0.15) is 31.3 Å². The van der Waals surface area contributed by atoms with E-state index >= 15 is 0 Å². The summed E-state index contributed by atoms with van der Waals surface area (Å²) in [5.74, 6) is -1.62. The molecule has 0 radical (unpaired) electrons. The zero-order valence-corrected chi connectivity index (χ0v) is 35.7. The molecular weight excluding hydrogens is 842 g/mol. The molecular formula is C35H46N12O12P2. The van der Waals surface area contributed by atoms with Crippen molar-refractivity contribution >= 4 is 62.2 Å². The van der Waals surface area contributed by atoms with E-state index in [0.717, 1.165) is 0 Å². The minimum atomic E-state index is -4.50. The number of phosphoric ester groups is 1. The summed E-state index contributed by atoms with van der Waals surface area (Å²) < 4.78 is 59.2. The molecule has 24 nitrogen and oxygen atoms in total. The van der Waals surface area contributed by atoms with E-state index in [0.29, 0.717) is 19.0 Å². The molecule has 6 rings (SSSR count). The third kappa shape index (κ3) is 11.1. The van der Waals surface area contributed by atoms with Crippen molar-refractivity contribution < 1.29 is 46.2 Å². The Hall–Kier alpha value is -5.00. The van der Waals surface area contributed by atoms with Crippen LogP contribution in [0, 0.1) is 34.5 Å². The Morgan fingerprint density at radius 1 is 0.902 bits per heavy atom. The lowest BCUT2D eigenvalue weighted by atomic mass is 10.2. The van der Waals surface area contributed by atoms with Crippen molar-refractivity contribution in [2.45, 2.75) is 91.1 Å². The highest BCUT2D eigenvalue weighted by Crippen LogP contribution is 2.54. The summed E-state index contributed by atoms with van der Waals surface area (Å²) in [6.07, 6.45) is -0.351. The van der Waals surface area contributed by atoms with Gasteiger partial charge in [-0.1, -0.05) is 34.6 Å². The summed E-state index contributed by atoms with van der Waals surface area (Å²) >= 11 is 0. The third-order valence-electron chi connectivity index (χ3n) is 9.34. The molecule has 26 heteroatoms.